The van der Waals surface area contributed by atoms with Gasteiger partial charge in [-0.15, -0.1) is 0 Å². The molecular formula is C25H23ClFN5O2. The lowest BCUT2D eigenvalue weighted by Gasteiger charge is -2.18. The number of hydrogen-bond donors (Lipinski definition) is 1. The van der Waals surface area contributed by atoms with Crippen molar-refractivity contribution in [3.63, 3.8) is 0 Å². The van der Waals surface area contributed by atoms with E-state index >= 15 is 0 Å². The molecule has 0 aliphatic heterocycles. The number of nitrogens with one attached hydrogen (secondary N) is 1. The van der Waals surface area contributed by atoms with E-state index in [1.54, 1.807) is 36.8 Å². The van der Waals surface area contributed by atoms with Crippen molar-refractivity contribution < 1.29 is 9.13 Å². The number of alkyl halides is 1. The number of aromatic amines is 1. The summed E-state index contributed by atoms with van der Waals surface area (Å²) in [4.78, 5) is 29.5. The fourth-order valence-electron chi connectivity index (χ4n) is 3.35. The Morgan fingerprint density at radius 3 is 2.44 bits per heavy atom. The maximum Gasteiger partial charge on any atom is 0.255 e. The van der Waals surface area contributed by atoms with Crippen molar-refractivity contribution in [2.45, 2.75) is 19.5 Å². The maximum atomic E-state index is 13.0. The number of anilines is 1. The molecule has 4 aromatic rings. The average Bonchev–Trinajstić information content (AvgIpc) is 2.86. The lowest BCUT2D eigenvalue weighted by atomic mass is 10.1. The van der Waals surface area contributed by atoms with Gasteiger partial charge in [0.2, 0.25) is 5.95 Å². The summed E-state index contributed by atoms with van der Waals surface area (Å²) in [5.41, 5.74) is 2.72. The summed E-state index contributed by atoms with van der Waals surface area (Å²) >= 11 is 5.95. The quantitative estimate of drug-likeness (QED) is 0.373. The van der Waals surface area contributed by atoms with Crippen LogP contribution in [-0.4, -0.2) is 33.5 Å². The summed E-state index contributed by atoms with van der Waals surface area (Å²) in [6.07, 6.45) is 7.57. The summed E-state index contributed by atoms with van der Waals surface area (Å²) in [5.74, 6) is 1.68. The Morgan fingerprint density at radius 1 is 1.00 bits per heavy atom. The van der Waals surface area contributed by atoms with Crippen LogP contribution >= 0.6 is 11.6 Å². The van der Waals surface area contributed by atoms with Crippen molar-refractivity contribution in [3.05, 3.63) is 105 Å². The van der Waals surface area contributed by atoms with Crippen LogP contribution in [0.5, 0.6) is 11.5 Å². The van der Waals surface area contributed by atoms with Crippen LogP contribution < -0.4 is 15.2 Å². The fourth-order valence-corrected chi connectivity index (χ4v) is 3.52. The van der Waals surface area contributed by atoms with E-state index in [-0.39, 0.29) is 5.56 Å². The molecule has 0 saturated heterocycles. The fraction of sp³-hybridized carbons (Fsp3) is 0.200. The molecule has 0 aliphatic carbocycles. The van der Waals surface area contributed by atoms with E-state index in [9.17, 15) is 9.18 Å². The number of benzene rings is 2. The van der Waals surface area contributed by atoms with Crippen LogP contribution in [0.3, 0.4) is 0 Å². The Bertz CT molecular complexity index is 1300. The van der Waals surface area contributed by atoms with Crippen LogP contribution in [0.15, 0.2) is 72.2 Å². The topological polar surface area (TPSA) is 84.0 Å². The minimum absolute atomic E-state index is 0.180. The van der Waals surface area contributed by atoms with E-state index in [0.717, 1.165) is 17.5 Å². The van der Waals surface area contributed by atoms with E-state index in [4.69, 9.17) is 16.3 Å². The van der Waals surface area contributed by atoms with Gasteiger partial charge in [-0.05, 0) is 47.9 Å². The number of aromatic nitrogens is 4. The Hall–Kier alpha value is -3.78. The molecule has 2 aromatic carbocycles. The van der Waals surface area contributed by atoms with Crippen molar-refractivity contribution >= 4 is 17.5 Å². The number of likely N-dealkylation sites (N-methyl/N-ethyl adjacent to an activating group) is 1. The standard InChI is InChI=1S/C25H23ClFN5O2/c1-32(25-30-15-20(24(33)31-25)10-18-13-28-16-29-14-18)9-8-17-2-4-21(5-3-17)34-22-6-7-23(26)19(11-22)12-27/h2-7,11,13-16H,8-10,12H2,1H3,(H,30,31,33). The van der Waals surface area contributed by atoms with Gasteiger partial charge in [0, 0.05) is 54.8 Å². The largest absolute Gasteiger partial charge is 0.457 e. The Kier molecular flexibility index (Phi) is 7.49. The van der Waals surface area contributed by atoms with Gasteiger partial charge in [-0.2, -0.15) is 0 Å². The molecule has 0 saturated carbocycles. The molecular weight excluding hydrogens is 457 g/mol. The van der Waals surface area contributed by atoms with Gasteiger partial charge < -0.3 is 9.64 Å². The third kappa shape index (κ3) is 5.96. The second-order valence-corrected chi connectivity index (χ2v) is 8.20. The summed E-state index contributed by atoms with van der Waals surface area (Å²) in [5, 5.41) is 0.380. The molecule has 0 aliphatic rings. The molecule has 0 atom stereocenters. The van der Waals surface area contributed by atoms with Crippen molar-refractivity contribution in [1.82, 2.24) is 19.9 Å². The van der Waals surface area contributed by atoms with Crippen molar-refractivity contribution in [2.24, 2.45) is 0 Å². The van der Waals surface area contributed by atoms with Crippen molar-refractivity contribution in [3.8, 4) is 11.5 Å². The van der Waals surface area contributed by atoms with Gasteiger partial charge in [-0.25, -0.2) is 19.3 Å². The first-order chi connectivity index (χ1) is 16.5. The Balaban J connectivity index is 1.33. The number of rotatable bonds is 9. The molecule has 9 heteroatoms. The first-order valence-corrected chi connectivity index (χ1v) is 11.0. The van der Waals surface area contributed by atoms with Gasteiger partial charge in [-0.1, -0.05) is 23.7 Å². The monoisotopic (exact) mass is 479 g/mol. The Labute approximate surface area is 201 Å². The highest BCUT2D eigenvalue weighted by molar-refractivity contribution is 6.31. The maximum absolute atomic E-state index is 13.0. The van der Waals surface area contributed by atoms with Crippen LogP contribution in [0.25, 0.3) is 0 Å². The third-order valence-corrected chi connectivity index (χ3v) is 5.65. The van der Waals surface area contributed by atoms with Crippen LogP contribution in [-0.2, 0) is 19.5 Å². The highest BCUT2D eigenvalue weighted by Gasteiger charge is 2.09. The molecule has 7 nitrogen and oxygen atoms in total. The van der Waals surface area contributed by atoms with Crippen LogP contribution in [0.1, 0.15) is 22.3 Å². The van der Waals surface area contributed by atoms with E-state index in [0.29, 0.717) is 46.6 Å². The summed E-state index contributed by atoms with van der Waals surface area (Å²) in [7, 11) is 1.88. The molecule has 0 radical (unpaired) electrons. The lowest BCUT2D eigenvalue weighted by molar-refractivity contribution is 0.468. The summed E-state index contributed by atoms with van der Waals surface area (Å²) in [6.45, 7) is 0.0133. The SMILES string of the molecule is CN(CCc1ccc(Oc2ccc(Cl)c(CF)c2)cc1)c1ncc(Cc2cncnc2)c(=O)[nH]1. The van der Waals surface area contributed by atoms with Crippen LogP contribution in [0.4, 0.5) is 10.3 Å². The van der Waals surface area contributed by atoms with Crippen LogP contribution in [0, 0.1) is 0 Å². The molecule has 4 rings (SSSR count). The average molecular weight is 480 g/mol. The van der Waals surface area contributed by atoms with E-state index in [1.165, 1.54) is 6.33 Å². The zero-order chi connectivity index (χ0) is 23.9. The molecule has 0 unspecified atom stereocenters. The van der Waals surface area contributed by atoms with Gasteiger partial charge in [0.15, 0.2) is 0 Å². The van der Waals surface area contributed by atoms with Gasteiger partial charge in [-0.3, -0.25) is 9.78 Å². The smallest absolute Gasteiger partial charge is 0.255 e. The van der Waals surface area contributed by atoms with E-state index in [1.807, 2.05) is 36.2 Å². The Morgan fingerprint density at radius 2 is 1.74 bits per heavy atom. The normalized spacial score (nSPS) is 10.8. The third-order valence-electron chi connectivity index (χ3n) is 5.29. The molecule has 1 N–H and O–H groups in total. The summed E-state index contributed by atoms with van der Waals surface area (Å²) < 4.78 is 18.8. The molecule has 2 aromatic heterocycles. The van der Waals surface area contributed by atoms with E-state index in [2.05, 4.69) is 19.9 Å². The number of nitrogens with zero attached hydrogens (tertiary/aromatic N) is 4. The zero-order valence-corrected chi connectivity index (χ0v) is 19.3. The number of ether oxygens (including phenoxy) is 1. The number of halogens is 2. The second-order valence-electron chi connectivity index (χ2n) is 7.79. The predicted octanol–water partition coefficient (Wildman–Crippen LogP) is 4.74. The highest BCUT2D eigenvalue weighted by Crippen LogP contribution is 2.27. The molecule has 34 heavy (non-hydrogen) atoms. The summed E-state index contributed by atoms with van der Waals surface area (Å²) in [6, 6.07) is 12.6. The van der Waals surface area contributed by atoms with Crippen molar-refractivity contribution in [1.29, 1.82) is 0 Å². The molecule has 0 fully saturated rings. The molecule has 0 amide bonds. The van der Waals surface area contributed by atoms with Gasteiger partial charge >= 0.3 is 0 Å². The first kappa shape index (κ1) is 23.4. The highest BCUT2D eigenvalue weighted by atomic mass is 35.5. The minimum Gasteiger partial charge on any atom is -0.457 e. The lowest BCUT2D eigenvalue weighted by Crippen LogP contribution is -2.26. The van der Waals surface area contributed by atoms with Gasteiger partial charge in [0.05, 0.1) is 0 Å². The van der Waals surface area contributed by atoms with Crippen molar-refractivity contribution in [2.75, 3.05) is 18.5 Å². The minimum atomic E-state index is -0.646. The van der Waals surface area contributed by atoms with Crippen LogP contribution in [0.2, 0.25) is 5.02 Å². The van der Waals surface area contributed by atoms with Gasteiger partial charge in [0.1, 0.15) is 24.5 Å². The number of H-pyrrole nitrogens is 1. The molecule has 174 valence electrons. The molecule has 2 heterocycles. The first-order valence-electron chi connectivity index (χ1n) is 10.7. The van der Waals surface area contributed by atoms with E-state index < -0.39 is 6.67 Å². The molecule has 0 bridgehead atoms. The predicted molar refractivity (Wildman–Crippen MR) is 129 cm³/mol. The zero-order valence-electron chi connectivity index (χ0n) is 18.5. The molecule has 0 spiro atoms. The van der Waals surface area contributed by atoms with Gasteiger partial charge in [0.25, 0.3) is 5.56 Å². The number of hydrogen-bond acceptors (Lipinski definition) is 6. The second kappa shape index (κ2) is 10.9.